The number of likely N-dealkylation sites (tertiary alicyclic amines) is 1. The number of amides is 2. The van der Waals surface area contributed by atoms with Crippen LogP contribution in [0.2, 0.25) is 0 Å². The van der Waals surface area contributed by atoms with Gasteiger partial charge in [-0.25, -0.2) is 0 Å². The van der Waals surface area contributed by atoms with Crippen LogP contribution in [0.1, 0.15) is 29.6 Å². The van der Waals surface area contributed by atoms with Crippen LogP contribution in [-0.4, -0.2) is 86.5 Å². The fourth-order valence-corrected chi connectivity index (χ4v) is 4.87. The minimum absolute atomic E-state index is 0.0327. The number of carbonyl (C=O) groups excluding carboxylic acids is 2. The van der Waals surface area contributed by atoms with Crippen LogP contribution in [0.4, 0.5) is 0 Å². The summed E-state index contributed by atoms with van der Waals surface area (Å²) >= 11 is 0. The van der Waals surface area contributed by atoms with Crippen molar-refractivity contribution in [2.24, 2.45) is 5.41 Å². The summed E-state index contributed by atoms with van der Waals surface area (Å²) in [5, 5.41) is 0. The molecule has 2 amide bonds. The fourth-order valence-electron chi connectivity index (χ4n) is 4.87. The second kappa shape index (κ2) is 10.9. The zero-order chi connectivity index (χ0) is 24.0. The molecule has 4 rings (SSSR count). The van der Waals surface area contributed by atoms with Crippen molar-refractivity contribution in [1.29, 1.82) is 0 Å². The highest BCUT2D eigenvalue weighted by atomic mass is 16.5. The first-order chi connectivity index (χ1) is 16.5. The van der Waals surface area contributed by atoms with Crippen molar-refractivity contribution in [3.63, 3.8) is 0 Å². The number of nitrogens with zero attached hydrogens (tertiary/aromatic N) is 3. The van der Waals surface area contributed by atoms with Crippen molar-refractivity contribution in [1.82, 2.24) is 14.7 Å². The van der Waals surface area contributed by atoms with Crippen LogP contribution in [0.25, 0.3) is 0 Å². The van der Waals surface area contributed by atoms with Crippen molar-refractivity contribution in [3.05, 3.63) is 60.2 Å². The van der Waals surface area contributed by atoms with Gasteiger partial charge in [0.25, 0.3) is 5.91 Å². The van der Waals surface area contributed by atoms with Crippen LogP contribution in [0, 0.1) is 5.41 Å². The van der Waals surface area contributed by atoms with Gasteiger partial charge in [0.05, 0.1) is 13.7 Å². The van der Waals surface area contributed by atoms with Crippen LogP contribution in [0.5, 0.6) is 11.5 Å². The number of likely N-dealkylation sites (N-methyl/N-ethyl adjacent to an activating group) is 1. The van der Waals surface area contributed by atoms with Crippen LogP contribution >= 0.6 is 0 Å². The molecule has 0 saturated carbocycles. The molecule has 34 heavy (non-hydrogen) atoms. The van der Waals surface area contributed by atoms with Gasteiger partial charge in [-0.1, -0.05) is 24.3 Å². The number of para-hydroxylation sites is 1. The van der Waals surface area contributed by atoms with E-state index >= 15 is 0 Å². The molecule has 182 valence electrons. The molecule has 0 spiro atoms. The summed E-state index contributed by atoms with van der Waals surface area (Å²) in [6, 6.07) is 16.9. The van der Waals surface area contributed by atoms with Gasteiger partial charge in [0.1, 0.15) is 11.5 Å². The van der Waals surface area contributed by atoms with Crippen LogP contribution in [0.15, 0.2) is 54.6 Å². The second-order valence-electron chi connectivity index (χ2n) is 9.52. The summed E-state index contributed by atoms with van der Waals surface area (Å²) in [6.07, 6.45) is 2.07. The molecule has 7 heteroatoms. The third-order valence-electron chi connectivity index (χ3n) is 6.94. The van der Waals surface area contributed by atoms with Gasteiger partial charge in [0, 0.05) is 56.7 Å². The van der Waals surface area contributed by atoms with E-state index in [-0.39, 0.29) is 11.8 Å². The summed E-state index contributed by atoms with van der Waals surface area (Å²) in [5.41, 5.74) is 0.174. The molecule has 1 atom stereocenters. The Morgan fingerprint density at radius 2 is 1.65 bits per heavy atom. The number of rotatable bonds is 7. The molecule has 2 heterocycles. The van der Waals surface area contributed by atoms with E-state index in [0.29, 0.717) is 37.4 Å². The standard InChI is InChI=1S/C27H35N3O4/c1-28-14-16-29(17-15-28)25(31)19-27(21-34-23-9-4-3-5-10-23)12-7-13-30(20-27)26(32)22-8-6-11-24(18-22)33-2/h3-6,8-11,18H,7,12-17,19-21H2,1-2H3. The highest BCUT2D eigenvalue weighted by Crippen LogP contribution is 2.36. The number of benzene rings is 2. The molecule has 0 N–H and O–H groups in total. The zero-order valence-electron chi connectivity index (χ0n) is 20.2. The molecule has 2 aliphatic rings. The van der Waals surface area contributed by atoms with Crippen LogP contribution < -0.4 is 9.47 Å². The number of hydrogen-bond acceptors (Lipinski definition) is 5. The lowest BCUT2D eigenvalue weighted by Gasteiger charge is -2.43. The van der Waals surface area contributed by atoms with Crippen molar-refractivity contribution < 1.29 is 19.1 Å². The normalized spacial score (nSPS) is 21.2. The number of hydrogen-bond donors (Lipinski definition) is 0. The molecule has 0 bridgehead atoms. The lowest BCUT2D eigenvalue weighted by Crippen LogP contribution is -2.53. The van der Waals surface area contributed by atoms with Crippen molar-refractivity contribution in [2.45, 2.75) is 19.3 Å². The Kier molecular flexibility index (Phi) is 7.73. The van der Waals surface area contributed by atoms with Gasteiger partial charge >= 0.3 is 0 Å². The lowest BCUT2D eigenvalue weighted by molar-refractivity contribution is -0.137. The highest BCUT2D eigenvalue weighted by Gasteiger charge is 2.41. The molecular formula is C27H35N3O4. The summed E-state index contributed by atoms with van der Waals surface area (Å²) in [5.74, 6) is 1.56. The summed E-state index contributed by atoms with van der Waals surface area (Å²) < 4.78 is 11.5. The molecule has 2 aliphatic heterocycles. The SMILES string of the molecule is COc1cccc(C(=O)N2CCCC(COc3ccccc3)(CC(=O)N3CCN(C)CC3)C2)c1. The molecule has 2 aromatic carbocycles. The molecule has 2 fully saturated rings. The fraction of sp³-hybridized carbons (Fsp3) is 0.481. The van der Waals surface area contributed by atoms with Gasteiger partial charge in [-0.05, 0) is 50.2 Å². The Bertz CT molecular complexity index is 975. The Balaban J connectivity index is 1.52. The number of piperazine rings is 1. The summed E-state index contributed by atoms with van der Waals surface area (Å²) in [6.45, 7) is 4.84. The maximum Gasteiger partial charge on any atom is 0.254 e. The van der Waals surface area contributed by atoms with Crippen molar-refractivity contribution in [3.8, 4) is 11.5 Å². The maximum atomic E-state index is 13.4. The zero-order valence-corrected chi connectivity index (χ0v) is 20.2. The Morgan fingerprint density at radius 1 is 0.912 bits per heavy atom. The van der Waals surface area contributed by atoms with Crippen molar-refractivity contribution >= 4 is 11.8 Å². The maximum absolute atomic E-state index is 13.4. The summed E-state index contributed by atoms with van der Waals surface area (Å²) in [7, 11) is 3.68. The van der Waals surface area contributed by atoms with Gasteiger partial charge in [-0.2, -0.15) is 0 Å². The predicted octanol–water partition coefficient (Wildman–Crippen LogP) is 3.16. The molecule has 2 saturated heterocycles. The molecule has 7 nitrogen and oxygen atoms in total. The van der Waals surface area contributed by atoms with Crippen LogP contribution in [0.3, 0.4) is 0 Å². The topological polar surface area (TPSA) is 62.3 Å². The Labute approximate surface area is 202 Å². The average molecular weight is 466 g/mol. The number of carbonyl (C=O) groups is 2. The first-order valence-corrected chi connectivity index (χ1v) is 12.1. The van der Waals surface area contributed by atoms with E-state index in [1.807, 2.05) is 58.3 Å². The number of methoxy groups -OCH3 is 1. The van der Waals surface area contributed by atoms with Crippen molar-refractivity contribution in [2.75, 3.05) is 60.0 Å². The molecular weight excluding hydrogens is 430 g/mol. The Hall–Kier alpha value is -3.06. The number of piperidine rings is 1. The molecule has 0 radical (unpaired) electrons. The minimum atomic E-state index is -0.428. The molecule has 1 unspecified atom stereocenters. The monoisotopic (exact) mass is 465 g/mol. The van der Waals surface area contributed by atoms with Gasteiger partial charge < -0.3 is 24.2 Å². The van der Waals surface area contributed by atoms with Gasteiger partial charge in [-0.15, -0.1) is 0 Å². The first-order valence-electron chi connectivity index (χ1n) is 12.1. The van der Waals surface area contributed by atoms with E-state index < -0.39 is 5.41 Å². The number of ether oxygens (including phenoxy) is 2. The first kappa shape index (κ1) is 24.1. The molecule has 0 aromatic heterocycles. The van der Waals surface area contributed by atoms with Crippen LogP contribution in [-0.2, 0) is 4.79 Å². The van der Waals surface area contributed by atoms with E-state index in [2.05, 4.69) is 11.9 Å². The van der Waals surface area contributed by atoms with Gasteiger partial charge in [-0.3, -0.25) is 9.59 Å². The second-order valence-corrected chi connectivity index (χ2v) is 9.52. The molecule has 0 aliphatic carbocycles. The lowest BCUT2D eigenvalue weighted by atomic mass is 9.77. The average Bonchev–Trinajstić information content (AvgIpc) is 2.88. The highest BCUT2D eigenvalue weighted by molar-refractivity contribution is 5.94. The smallest absolute Gasteiger partial charge is 0.254 e. The Morgan fingerprint density at radius 3 is 2.38 bits per heavy atom. The van der Waals surface area contributed by atoms with E-state index in [4.69, 9.17) is 9.47 Å². The van der Waals surface area contributed by atoms with Gasteiger partial charge in [0.15, 0.2) is 0 Å². The molecule has 2 aromatic rings. The van der Waals surface area contributed by atoms with E-state index in [1.54, 1.807) is 13.2 Å². The van der Waals surface area contributed by atoms with E-state index in [0.717, 1.165) is 44.8 Å². The quantitative estimate of drug-likeness (QED) is 0.629. The van der Waals surface area contributed by atoms with Gasteiger partial charge in [0.2, 0.25) is 5.91 Å². The summed E-state index contributed by atoms with van der Waals surface area (Å²) in [4.78, 5) is 32.8. The van der Waals surface area contributed by atoms with E-state index in [9.17, 15) is 9.59 Å². The third kappa shape index (κ3) is 5.89. The third-order valence-corrected chi connectivity index (χ3v) is 6.94. The largest absolute Gasteiger partial charge is 0.497 e. The van der Waals surface area contributed by atoms with E-state index in [1.165, 1.54) is 0 Å². The minimum Gasteiger partial charge on any atom is -0.497 e. The predicted molar refractivity (Wildman–Crippen MR) is 131 cm³/mol.